The van der Waals surface area contributed by atoms with Crippen LogP contribution in [0.1, 0.15) is 36.1 Å². The number of aromatic amines is 1. The molecular weight excluding hydrogens is 551 g/mol. The highest BCUT2D eigenvalue weighted by atomic mass is 19.4. The summed E-state index contributed by atoms with van der Waals surface area (Å²) in [6.07, 6.45) is 0.999. The smallest absolute Gasteiger partial charge is 0.419 e. The third-order valence-corrected chi connectivity index (χ3v) is 7.94. The molecule has 0 unspecified atom stereocenters. The number of hydrogen-bond donors (Lipinski definition) is 1. The normalized spacial score (nSPS) is 16.3. The molecule has 7 rings (SSSR count). The maximum absolute atomic E-state index is 12.9. The van der Waals surface area contributed by atoms with E-state index in [4.69, 9.17) is 9.26 Å². The van der Waals surface area contributed by atoms with Gasteiger partial charge < -0.3 is 19.1 Å². The second-order valence-electron chi connectivity index (χ2n) is 10.6. The Kier molecular flexibility index (Phi) is 6.43. The number of hydrogen-bond acceptors (Lipinski definition) is 9. The van der Waals surface area contributed by atoms with E-state index in [9.17, 15) is 18.0 Å². The molecule has 0 spiro atoms. The lowest BCUT2D eigenvalue weighted by Gasteiger charge is -2.34. The lowest BCUT2D eigenvalue weighted by atomic mass is 9.96. The second kappa shape index (κ2) is 10.3. The summed E-state index contributed by atoms with van der Waals surface area (Å²) in [6, 6.07) is 11.3. The van der Waals surface area contributed by atoms with Crippen molar-refractivity contribution >= 4 is 33.5 Å². The molecule has 2 fully saturated rings. The maximum atomic E-state index is 12.9. The van der Waals surface area contributed by atoms with Crippen LogP contribution in [0.5, 0.6) is 5.75 Å². The van der Waals surface area contributed by atoms with E-state index in [0.717, 1.165) is 53.7 Å². The SMILES string of the molecule is O=c1[nH]nc(Cc2cccc3c(N4CCN(c5ncc(C(F)(F)F)cn5)CC4)noc23)c2cc(OC3CCC3)ccc12. The number of ether oxygens (including phenoxy) is 1. The van der Waals surface area contributed by atoms with Crippen LogP contribution in [0.3, 0.4) is 0 Å². The molecule has 0 bridgehead atoms. The molecule has 4 heterocycles. The number of piperazine rings is 1. The van der Waals surface area contributed by atoms with E-state index in [2.05, 4.69) is 30.2 Å². The molecule has 0 amide bonds. The molecular formula is C29H26F3N7O3. The van der Waals surface area contributed by atoms with E-state index >= 15 is 0 Å². The zero-order valence-corrected chi connectivity index (χ0v) is 22.4. The number of fused-ring (bicyclic) bond motifs is 2. The van der Waals surface area contributed by atoms with Crippen LogP contribution in [-0.2, 0) is 12.6 Å². The highest BCUT2D eigenvalue weighted by Gasteiger charge is 2.32. The monoisotopic (exact) mass is 577 g/mol. The average Bonchev–Trinajstić information content (AvgIpc) is 3.41. The van der Waals surface area contributed by atoms with Gasteiger partial charge in [0.1, 0.15) is 5.75 Å². The fraction of sp³-hybridized carbons (Fsp3) is 0.345. The Morgan fingerprint density at radius 2 is 1.74 bits per heavy atom. The molecule has 1 saturated heterocycles. The quantitative estimate of drug-likeness (QED) is 0.306. The summed E-state index contributed by atoms with van der Waals surface area (Å²) >= 11 is 0. The van der Waals surface area contributed by atoms with Crippen molar-refractivity contribution in [3.63, 3.8) is 0 Å². The van der Waals surface area contributed by atoms with Gasteiger partial charge in [-0.05, 0) is 43.5 Å². The van der Waals surface area contributed by atoms with Crippen molar-refractivity contribution in [2.75, 3.05) is 36.0 Å². The predicted octanol–water partition coefficient (Wildman–Crippen LogP) is 4.72. The number of rotatable bonds is 6. The Morgan fingerprint density at radius 3 is 2.45 bits per heavy atom. The van der Waals surface area contributed by atoms with Gasteiger partial charge >= 0.3 is 6.18 Å². The van der Waals surface area contributed by atoms with Crippen LogP contribution < -0.4 is 20.1 Å². The Labute approximate surface area is 237 Å². The number of aromatic nitrogens is 5. The molecule has 13 heteroatoms. The minimum absolute atomic E-state index is 0.214. The number of nitrogens with zero attached hydrogens (tertiary/aromatic N) is 6. The molecule has 10 nitrogen and oxygen atoms in total. The van der Waals surface area contributed by atoms with Crippen LogP contribution in [-0.4, -0.2) is 57.6 Å². The van der Waals surface area contributed by atoms with E-state index in [1.165, 1.54) is 0 Å². The van der Waals surface area contributed by atoms with Crippen molar-refractivity contribution in [2.45, 2.75) is 38.0 Å². The van der Waals surface area contributed by atoms with Crippen molar-refractivity contribution in [3.8, 4) is 5.75 Å². The first-order valence-electron chi connectivity index (χ1n) is 13.8. The van der Waals surface area contributed by atoms with Gasteiger partial charge in [-0.3, -0.25) is 4.79 Å². The topological polar surface area (TPSA) is 113 Å². The van der Waals surface area contributed by atoms with Gasteiger partial charge in [-0.2, -0.15) is 18.3 Å². The Morgan fingerprint density at radius 1 is 0.976 bits per heavy atom. The molecule has 1 saturated carbocycles. The van der Waals surface area contributed by atoms with Crippen LogP contribution in [0.15, 0.2) is 58.1 Å². The molecule has 1 aliphatic heterocycles. The summed E-state index contributed by atoms with van der Waals surface area (Å²) in [5, 5.41) is 13.5. The molecule has 1 aliphatic carbocycles. The number of halogens is 3. The van der Waals surface area contributed by atoms with Gasteiger partial charge in [0.25, 0.3) is 5.56 Å². The number of para-hydroxylation sites is 1. The van der Waals surface area contributed by atoms with Crippen LogP contribution in [0.2, 0.25) is 0 Å². The van der Waals surface area contributed by atoms with E-state index in [1.54, 1.807) is 6.07 Å². The number of benzene rings is 2. The number of H-pyrrole nitrogens is 1. The summed E-state index contributed by atoms with van der Waals surface area (Å²) < 4.78 is 50.5. The van der Waals surface area contributed by atoms with E-state index in [-0.39, 0.29) is 17.6 Å². The third kappa shape index (κ3) is 4.88. The molecule has 5 aromatic rings. The summed E-state index contributed by atoms with van der Waals surface area (Å²) in [6.45, 7) is 2.15. The molecule has 1 N–H and O–H groups in total. The zero-order chi connectivity index (χ0) is 28.8. The van der Waals surface area contributed by atoms with Gasteiger partial charge in [0, 0.05) is 55.9 Å². The fourth-order valence-corrected chi connectivity index (χ4v) is 5.39. The highest BCUT2D eigenvalue weighted by Crippen LogP contribution is 2.33. The fourth-order valence-electron chi connectivity index (χ4n) is 5.39. The van der Waals surface area contributed by atoms with Crippen molar-refractivity contribution in [1.82, 2.24) is 25.3 Å². The first kappa shape index (κ1) is 26.2. The van der Waals surface area contributed by atoms with Gasteiger partial charge in [-0.25, -0.2) is 15.1 Å². The standard InChI is InChI=1S/C29H26F3N7O3/c30-29(31,32)18-15-33-28(34-16-18)39-11-9-38(10-12-39)26-22-6-1-3-17(25(22)42-37-26)13-24-23-14-20(41-19-4-2-5-19)7-8-21(23)27(40)36-35-24/h1,3,6-8,14-16,19H,2,4-5,9-13H2,(H,36,40). The number of nitrogens with one attached hydrogen (secondary N) is 1. The van der Waals surface area contributed by atoms with Gasteiger partial charge in [-0.15, -0.1) is 0 Å². The van der Waals surface area contributed by atoms with Crippen LogP contribution in [0.25, 0.3) is 21.7 Å². The minimum atomic E-state index is -4.47. The van der Waals surface area contributed by atoms with E-state index in [0.29, 0.717) is 55.1 Å². The molecule has 3 aromatic heterocycles. The largest absolute Gasteiger partial charge is 0.490 e. The highest BCUT2D eigenvalue weighted by molar-refractivity contribution is 5.92. The molecule has 0 atom stereocenters. The van der Waals surface area contributed by atoms with Gasteiger partial charge in [0.15, 0.2) is 11.4 Å². The summed E-state index contributed by atoms with van der Waals surface area (Å²) in [5.74, 6) is 1.67. The Bertz CT molecular complexity index is 1810. The molecule has 216 valence electrons. The summed E-state index contributed by atoms with van der Waals surface area (Å²) in [5.41, 5.74) is 1.06. The molecule has 0 radical (unpaired) electrons. The molecule has 2 aromatic carbocycles. The lowest BCUT2D eigenvalue weighted by molar-refractivity contribution is -0.138. The van der Waals surface area contributed by atoms with E-state index < -0.39 is 11.7 Å². The van der Waals surface area contributed by atoms with Crippen molar-refractivity contribution < 1.29 is 22.4 Å². The van der Waals surface area contributed by atoms with Crippen molar-refractivity contribution in [3.05, 3.63) is 76.0 Å². The van der Waals surface area contributed by atoms with Crippen LogP contribution in [0, 0.1) is 0 Å². The Balaban J connectivity index is 1.11. The zero-order valence-electron chi connectivity index (χ0n) is 22.4. The van der Waals surface area contributed by atoms with Crippen molar-refractivity contribution in [1.29, 1.82) is 0 Å². The van der Waals surface area contributed by atoms with E-state index in [1.807, 2.05) is 35.2 Å². The minimum Gasteiger partial charge on any atom is -0.490 e. The molecule has 42 heavy (non-hydrogen) atoms. The molecule has 2 aliphatic rings. The predicted molar refractivity (Wildman–Crippen MR) is 149 cm³/mol. The van der Waals surface area contributed by atoms with Gasteiger partial charge in [0.2, 0.25) is 5.95 Å². The summed E-state index contributed by atoms with van der Waals surface area (Å²) in [4.78, 5) is 24.3. The average molecular weight is 578 g/mol. The summed E-state index contributed by atoms with van der Waals surface area (Å²) in [7, 11) is 0. The number of anilines is 2. The number of alkyl halides is 3. The van der Waals surface area contributed by atoms with Crippen LogP contribution >= 0.6 is 0 Å². The van der Waals surface area contributed by atoms with Crippen molar-refractivity contribution in [2.24, 2.45) is 0 Å². The third-order valence-electron chi connectivity index (χ3n) is 7.94. The van der Waals surface area contributed by atoms with Gasteiger partial charge in [0.05, 0.1) is 28.1 Å². The maximum Gasteiger partial charge on any atom is 0.419 e. The van der Waals surface area contributed by atoms with Gasteiger partial charge in [-0.1, -0.05) is 17.3 Å². The first-order valence-corrected chi connectivity index (χ1v) is 13.8. The Hall–Kier alpha value is -4.68. The van der Waals surface area contributed by atoms with Crippen LogP contribution in [0.4, 0.5) is 24.9 Å². The second-order valence-corrected chi connectivity index (χ2v) is 10.6. The first-order chi connectivity index (χ1) is 20.3. The lowest BCUT2D eigenvalue weighted by Crippen LogP contribution is -2.47.